The molecule has 0 spiro atoms. The van der Waals surface area contributed by atoms with Crippen molar-refractivity contribution in [1.29, 1.82) is 0 Å². The quantitative estimate of drug-likeness (QED) is 0.160. The van der Waals surface area contributed by atoms with Crippen molar-refractivity contribution >= 4 is 21.7 Å². The van der Waals surface area contributed by atoms with E-state index >= 15 is 0 Å². The SMILES string of the molecule is c1ccc(-c2nc(-c3ccccc3)nc(-c3ccc(-c4ccc(-c5ccc6c(c5)Cc5ccc7c(-c8ccccc8)nc8ccccc8c7c5-6)cc4)cc3)n2)cc1. The van der Waals surface area contributed by atoms with Gasteiger partial charge in [0.1, 0.15) is 0 Å². The third-order valence-corrected chi connectivity index (χ3v) is 11.1. The summed E-state index contributed by atoms with van der Waals surface area (Å²) in [5.74, 6) is 1.97. The highest BCUT2D eigenvalue weighted by atomic mass is 15.0. The Balaban J connectivity index is 0.904. The Kier molecular flexibility index (Phi) is 7.85. The lowest BCUT2D eigenvalue weighted by molar-refractivity contribution is 1.07. The highest BCUT2D eigenvalue weighted by molar-refractivity contribution is 6.18. The van der Waals surface area contributed by atoms with E-state index in [1.807, 2.05) is 60.7 Å². The summed E-state index contributed by atoms with van der Waals surface area (Å²) in [6, 6.07) is 68.3. The molecule has 0 N–H and O–H groups in total. The van der Waals surface area contributed by atoms with Crippen LogP contribution in [0.2, 0.25) is 0 Å². The first-order valence-electron chi connectivity index (χ1n) is 19.3. The van der Waals surface area contributed by atoms with Crippen molar-refractivity contribution in [3.05, 3.63) is 205 Å². The van der Waals surface area contributed by atoms with Gasteiger partial charge in [-0.3, -0.25) is 0 Å². The van der Waals surface area contributed by atoms with Crippen LogP contribution in [0.5, 0.6) is 0 Å². The Hall–Kier alpha value is -7.56. The van der Waals surface area contributed by atoms with Crippen molar-refractivity contribution in [3.8, 4) is 78.8 Å². The summed E-state index contributed by atoms with van der Waals surface area (Å²) in [4.78, 5) is 19.8. The number of aromatic nitrogens is 4. The normalized spacial score (nSPS) is 11.8. The molecule has 0 unspecified atom stereocenters. The van der Waals surface area contributed by atoms with Gasteiger partial charge in [0.2, 0.25) is 0 Å². The third kappa shape index (κ3) is 5.87. The lowest BCUT2D eigenvalue weighted by atomic mass is 9.92. The number of rotatable bonds is 6. The molecule has 4 heteroatoms. The zero-order valence-corrected chi connectivity index (χ0v) is 31.0. The molecule has 0 saturated carbocycles. The molecule has 0 fully saturated rings. The Morgan fingerprint density at radius 2 is 0.789 bits per heavy atom. The van der Waals surface area contributed by atoms with Crippen LogP contribution in [-0.4, -0.2) is 19.9 Å². The van der Waals surface area contributed by atoms with Gasteiger partial charge in [-0.15, -0.1) is 0 Å². The molecular formula is C53H34N4. The number of fused-ring (bicyclic) bond motifs is 7. The fourth-order valence-corrected chi connectivity index (χ4v) is 8.33. The van der Waals surface area contributed by atoms with E-state index in [9.17, 15) is 0 Å². The van der Waals surface area contributed by atoms with E-state index in [0.717, 1.165) is 51.0 Å². The molecule has 0 amide bonds. The van der Waals surface area contributed by atoms with Gasteiger partial charge < -0.3 is 0 Å². The second-order valence-corrected chi connectivity index (χ2v) is 14.6. The Labute approximate surface area is 330 Å². The van der Waals surface area contributed by atoms with Gasteiger partial charge in [0, 0.05) is 38.4 Å². The number of nitrogens with zero attached hydrogens (tertiary/aromatic N) is 4. The summed E-state index contributed by atoms with van der Waals surface area (Å²) >= 11 is 0. The van der Waals surface area contributed by atoms with Gasteiger partial charge in [0.05, 0.1) is 11.2 Å². The van der Waals surface area contributed by atoms with E-state index in [4.69, 9.17) is 19.9 Å². The largest absolute Gasteiger partial charge is 0.247 e. The van der Waals surface area contributed by atoms with Crippen molar-refractivity contribution in [2.24, 2.45) is 0 Å². The maximum atomic E-state index is 5.18. The van der Waals surface area contributed by atoms with Crippen LogP contribution in [0.1, 0.15) is 11.1 Å². The average molecular weight is 727 g/mol. The first-order chi connectivity index (χ1) is 28.2. The minimum atomic E-state index is 0.651. The van der Waals surface area contributed by atoms with Gasteiger partial charge in [0.15, 0.2) is 17.5 Å². The fraction of sp³-hybridized carbons (Fsp3) is 0.0189. The van der Waals surface area contributed by atoms with Gasteiger partial charge in [-0.05, 0) is 57.0 Å². The third-order valence-electron chi connectivity index (χ3n) is 11.1. The summed E-state index contributed by atoms with van der Waals surface area (Å²) in [5.41, 5.74) is 16.2. The van der Waals surface area contributed by atoms with E-state index in [2.05, 4.69) is 133 Å². The highest BCUT2D eigenvalue weighted by Gasteiger charge is 2.24. The fourth-order valence-electron chi connectivity index (χ4n) is 8.33. The van der Waals surface area contributed by atoms with Crippen molar-refractivity contribution in [3.63, 3.8) is 0 Å². The Bertz CT molecular complexity index is 3050. The Morgan fingerprint density at radius 3 is 1.39 bits per heavy atom. The zero-order chi connectivity index (χ0) is 37.7. The molecule has 0 saturated heterocycles. The van der Waals surface area contributed by atoms with Crippen LogP contribution in [0.25, 0.3) is 100 Å². The second kappa shape index (κ2) is 13.6. The zero-order valence-electron chi connectivity index (χ0n) is 31.0. The first kappa shape index (κ1) is 32.8. The van der Waals surface area contributed by atoms with E-state index in [-0.39, 0.29) is 0 Å². The molecule has 11 rings (SSSR count). The molecular weight excluding hydrogens is 693 g/mol. The van der Waals surface area contributed by atoms with Crippen molar-refractivity contribution in [2.45, 2.75) is 6.42 Å². The minimum absolute atomic E-state index is 0.651. The van der Waals surface area contributed by atoms with Crippen molar-refractivity contribution in [1.82, 2.24) is 19.9 Å². The van der Waals surface area contributed by atoms with Crippen LogP contribution in [-0.2, 0) is 6.42 Å². The van der Waals surface area contributed by atoms with E-state index in [1.54, 1.807) is 0 Å². The molecule has 8 aromatic carbocycles. The number of benzene rings is 8. The van der Waals surface area contributed by atoms with Gasteiger partial charge in [-0.25, -0.2) is 19.9 Å². The lowest BCUT2D eigenvalue weighted by Gasteiger charge is -2.14. The topological polar surface area (TPSA) is 51.6 Å². The van der Waals surface area contributed by atoms with Crippen LogP contribution in [0.3, 0.4) is 0 Å². The summed E-state index contributed by atoms with van der Waals surface area (Å²) in [5, 5.41) is 3.69. The minimum Gasteiger partial charge on any atom is -0.247 e. The van der Waals surface area contributed by atoms with Gasteiger partial charge in [-0.2, -0.15) is 0 Å². The van der Waals surface area contributed by atoms with Crippen LogP contribution in [0.4, 0.5) is 0 Å². The maximum absolute atomic E-state index is 5.18. The standard InChI is InChI=1S/C53H34N4/c1-4-12-37(13-5-1)50-46-31-29-42-33-43-32-41(28-30-44(43)48(42)49(46)45-18-10-11-19-47(45)54-50)36-22-20-34(21-23-36)35-24-26-40(27-25-35)53-56-51(38-14-6-2-7-15-38)55-52(57-53)39-16-8-3-9-17-39/h1-32H,33H2. The molecule has 2 aromatic heterocycles. The predicted octanol–water partition coefficient (Wildman–Crippen LogP) is 13.1. The molecule has 10 aromatic rings. The molecule has 0 atom stereocenters. The average Bonchev–Trinajstić information content (AvgIpc) is 3.68. The molecule has 4 nitrogen and oxygen atoms in total. The summed E-state index contributed by atoms with van der Waals surface area (Å²) < 4.78 is 0. The van der Waals surface area contributed by atoms with E-state index in [0.29, 0.717) is 17.5 Å². The summed E-state index contributed by atoms with van der Waals surface area (Å²) in [7, 11) is 0. The van der Waals surface area contributed by atoms with E-state index < -0.39 is 0 Å². The number of pyridine rings is 1. The van der Waals surface area contributed by atoms with Crippen LogP contribution >= 0.6 is 0 Å². The highest BCUT2D eigenvalue weighted by Crippen LogP contribution is 2.46. The second-order valence-electron chi connectivity index (χ2n) is 14.6. The van der Waals surface area contributed by atoms with Gasteiger partial charge in [-0.1, -0.05) is 188 Å². The van der Waals surface area contributed by atoms with Gasteiger partial charge >= 0.3 is 0 Å². The van der Waals surface area contributed by atoms with Crippen molar-refractivity contribution in [2.75, 3.05) is 0 Å². The summed E-state index contributed by atoms with van der Waals surface area (Å²) in [6.07, 6.45) is 0.914. The maximum Gasteiger partial charge on any atom is 0.164 e. The predicted molar refractivity (Wildman–Crippen MR) is 233 cm³/mol. The lowest BCUT2D eigenvalue weighted by Crippen LogP contribution is -2.00. The Morgan fingerprint density at radius 1 is 0.316 bits per heavy atom. The van der Waals surface area contributed by atoms with Gasteiger partial charge in [0.25, 0.3) is 0 Å². The smallest absolute Gasteiger partial charge is 0.164 e. The number of hydrogen-bond acceptors (Lipinski definition) is 4. The van der Waals surface area contributed by atoms with Crippen LogP contribution in [0.15, 0.2) is 194 Å². The molecule has 266 valence electrons. The van der Waals surface area contributed by atoms with E-state index in [1.165, 1.54) is 49.5 Å². The number of hydrogen-bond donors (Lipinski definition) is 0. The van der Waals surface area contributed by atoms with Crippen molar-refractivity contribution < 1.29 is 0 Å². The monoisotopic (exact) mass is 726 g/mol. The first-order valence-corrected chi connectivity index (χ1v) is 19.3. The molecule has 1 aliphatic rings. The molecule has 0 bridgehead atoms. The molecule has 1 aliphatic carbocycles. The molecule has 0 aliphatic heterocycles. The molecule has 57 heavy (non-hydrogen) atoms. The summed E-state index contributed by atoms with van der Waals surface area (Å²) in [6.45, 7) is 0. The molecule has 0 radical (unpaired) electrons. The number of para-hydroxylation sites is 1. The molecule has 2 heterocycles. The van der Waals surface area contributed by atoms with Crippen LogP contribution < -0.4 is 0 Å². The van der Waals surface area contributed by atoms with Crippen LogP contribution in [0, 0.1) is 0 Å².